The summed E-state index contributed by atoms with van der Waals surface area (Å²) in [5, 5.41) is 3.63. The van der Waals surface area contributed by atoms with Gasteiger partial charge in [0.15, 0.2) is 0 Å². The first-order valence-corrected chi connectivity index (χ1v) is 7.20. The van der Waals surface area contributed by atoms with E-state index in [1.165, 1.54) is 4.90 Å². The zero-order valence-electron chi connectivity index (χ0n) is 12.9. The summed E-state index contributed by atoms with van der Waals surface area (Å²) in [5.41, 5.74) is 1.48. The van der Waals surface area contributed by atoms with Crippen molar-refractivity contribution in [3.63, 3.8) is 0 Å². The number of aromatic nitrogens is 1. The average molecular weight is 303 g/mol. The highest BCUT2D eigenvalue weighted by atomic mass is 16.5. The van der Waals surface area contributed by atoms with Gasteiger partial charge in [-0.05, 0) is 12.5 Å². The van der Waals surface area contributed by atoms with Crippen LogP contribution in [0.5, 0.6) is 0 Å². The summed E-state index contributed by atoms with van der Waals surface area (Å²) in [7, 11) is 3.24. The van der Waals surface area contributed by atoms with Gasteiger partial charge in [0.25, 0.3) is 5.91 Å². The van der Waals surface area contributed by atoms with Crippen LogP contribution in [0.3, 0.4) is 0 Å². The molecule has 0 aliphatic rings. The Balaban J connectivity index is 1.93. The van der Waals surface area contributed by atoms with Crippen LogP contribution < -0.4 is 5.32 Å². The van der Waals surface area contributed by atoms with E-state index in [9.17, 15) is 9.59 Å². The maximum absolute atomic E-state index is 12.4. The van der Waals surface area contributed by atoms with Crippen LogP contribution in [0.1, 0.15) is 16.8 Å². The second kappa shape index (κ2) is 7.61. The number of rotatable bonds is 7. The first kappa shape index (κ1) is 16.0. The Morgan fingerprint density at radius 2 is 2.09 bits per heavy atom. The predicted octanol–water partition coefficient (Wildman–Crippen LogP) is 1.39. The number of methoxy groups -OCH3 is 1. The van der Waals surface area contributed by atoms with Crippen LogP contribution in [0, 0.1) is 0 Å². The molecule has 0 aliphatic carbocycles. The van der Waals surface area contributed by atoms with Crippen molar-refractivity contribution >= 4 is 22.7 Å². The molecule has 0 spiro atoms. The average Bonchev–Trinajstić information content (AvgIpc) is 2.94. The van der Waals surface area contributed by atoms with Gasteiger partial charge in [-0.2, -0.15) is 0 Å². The molecule has 2 aromatic rings. The molecule has 0 saturated carbocycles. The molecule has 0 radical (unpaired) electrons. The summed E-state index contributed by atoms with van der Waals surface area (Å²) in [5.74, 6) is -0.351. The van der Waals surface area contributed by atoms with E-state index in [0.29, 0.717) is 18.7 Å². The lowest BCUT2D eigenvalue weighted by Gasteiger charge is -2.16. The molecule has 2 N–H and O–H groups in total. The summed E-state index contributed by atoms with van der Waals surface area (Å²) in [4.78, 5) is 28.7. The minimum atomic E-state index is -0.176. The highest BCUT2D eigenvalue weighted by Gasteiger charge is 2.17. The van der Waals surface area contributed by atoms with Crippen LogP contribution in [-0.4, -0.2) is 55.6 Å². The summed E-state index contributed by atoms with van der Waals surface area (Å²) < 4.78 is 4.91. The third-order valence-electron chi connectivity index (χ3n) is 3.39. The molecule has 2 amide bonds. The Hall–Kier alpha value is -2.34. The van der Waals surface area contributed by atoms with Crippen molar-refractivity contribution in [2.75, 3.05) is 33.9 Å². The van der Waals surface area contributed by atoms with E-state index < -0.39 is 0 Å². The fourth-order valence-corrected chi connectivity index (χ4v) is 2.24. The first-order valence-electron chi connectivity index (χ1n) is 7.20. The number of H-pyrrole nitrogens is 1. The van der Waals surface area contributed by atoms with Crippen molar-refractivity contribution in [1.29, 1.82) is 0 Å². The Labute approximate surface area is 129 Å². The lowest BCUT2D eigenvalue weighted by Crippen LogP contribution is -2.38. The van der Waals surface area contributed by atoms with E-state index in [0.717, 1.165) is 17.3 Å². The van der Waals surface area contributed by atoms with Gasteiger partial charge in [-0.25, -0.2) is 0 Å². The minimum absolute atomic E-state index is 0.0331. The van der Waals surface area contributed by atoms with Gasteiger partial charge < -0.3 is 19.9 Å². The van der Waals surface area contributed by atoms with Crippen LogP contribution in [0.25, 0.3) is 10.9 Å². The molecule has 22 heavy (non-hydrogen) atoms. The normalized spacial score (nSPS) is 10.6. The van der Waals surface area contributed by atoms with E-state index in [1.54, 1.807) is 20.4 Å². The smallest absolute Gasteiger partial charge is 0.256 e. The van der Waals surface area contributed by atoms with Gasteiger partial charge in [0.05, 0.1) is 12.1 Å². The number of aromatic amines is 1. The molecule has 1 aromatic carbocycles. The Morgan fingerprint density at radius 1 is 1.32 bits per heavy atom. The number of nitrogens with zero attached hydrogens (tertiary/aromatic N) is 1. The molecular formula is C16H21N3O3. The maximum Gasteiger partial charge on any atom is 0.256 e. The third-order valence-corrected chi connectivity index (χ3v) is 3.39. The van der Waals surface area contributed by atoms with Crippen molar-refractivity contribution in [3.8, 4) is 0 Å². The van der Waals surface area contributed by atoms with Gasteiger partial charge in [-0.15, -0.1) is 0 Å². The zero-order valence-corrected chi connectivity index (χ0v) is 12.9. The molecule has 118 valence electrons. The van der Waals surface area contributed by atoms with Crippen LogP contribution in [0.4, 0.5) is 0 Å². The van der Waals surface area contributed by atoms with Crippen LogP contribution in [-0.2, 0) is 9.53 Å². The van der Waals surface area contributed by atoms with E-state index in [-0.39, 0.29) is 18.4 Å². The van der Waals surface area contributed by atoms with E-state index in [4.69, 9.17) is 4.74 Å². The second-order valence-corrected chi connectivity index (χ2v) is 5.11. The second-order valence-electron chi connectivity index (χ2n) is 5.11. The minimum Gasteiger partial charge on any atom is -0.385 e. The summed E-state index contributed by atoms with van der Waals surface area (Å²) in [6.07, 6.45) is 2.43. The lowest BCUT2D eigenvalue weighted by molar-refractivity contribution is -0.121. The number of benzene rings is 1. The molecule has 0 unspecified atom stereocenters. The number of ether oxygens (including phenoxy) is 1. The molecule has 6 nitrogen and oxygen atoms in total. The maximum atomic E-state index is 12.4. The summed E-state index contributed by atoms with van der Waals surface area (Å²) in [6, 6.07) is 7.59. The van der Waals surface area contributed by atoms with Crippen molar-refractivity contribution < 1.29 is 14.3 Å². The van der Waals surface area contributed by atoms with Crippen molar-refractivity contribution in [2.24, 2.45) is 0 Å². The monoisotopic (exact) mass is 303 g/mol. The standard InChI is InChI=1S/C16H21N3O3/c1-19(11-15(20)17-8-5-9-22-2)16(21)13-10-18-14-7-4-3-6-12(13)14/h3-4,6-7,10,18H,5,8-9,11H2,1-2H3,(H,17,20). The van der Waals surface area contributed by atoms with Crippen LogP contribution in [0.2, 0.25) is 0 Å². The quantitative estimate of drug-likeness (QED) is 0.759. The number of likely N-dealkylation sites (N-methyl/N-ethyl adjacent to an activating group) is 1. The molecule has 0 bridgehead atoms. The molecular weight excluding hydrogens is 282 g/mol. The van der Waals surface area contributed by atoms with Crippen LogP contribution in [0.15, 0.2) is 30.5 Å². The molecule has 0 aliphatic heterocycles. The van der Waals surface area contributed by atoms with Crippen molar-refractivity contribution in [3.05, 3.63) is 36.0 Å². The first-order chi connectivity index (χ1) is 10.6. The Morgan fingerprint density at radius 3 is 2.86 bits per heavy atom. The Kier molecular flexibility index (Phi) is 5.55. The van der Waals surface area contributed by atoms with Gasteiger partial charge in [-0.3, -0.25) is 9.59 Å². The van der Waals surface area contributed by atoms with E-state index in [2.05, 4.69) is 10.3 Å². The summed E-state index contributed by atoms with van der Waals surface area (Å²) >= 11 is 0. The molecule has 1 heterocycles. The SMILES string of the molecule is COCCCNC(=O)CN(C)C(=O)c1c[nH]c2ccccc12. The zero-order chi connectivity index (χ0) is 15.9. The molecule has 1 aromatic heterocycles. The molecule has 6 heteroatoms. The number of hydrogen-bond donors (Lipinski definition) is 2. The lowest BCUT2D eigenvalue weighted by atomic mass is 10.1. The third kappa shape index (κ3) is 3.85. The number of carbonyl (C=O) groups excluding carboxylic acids is 2. The van der Waals surface area contributed by atoms with Gasteiger partial charge in [0, 0.05) is 44.4 Å². The largest absolute Gasteiger partial charge is 0.385 e. The number of nitrogens with one attached hydrogen (secondary N) is 2. The van der Waals surface area contributed by atoms with Crippen molar-refractivity contribution in [1.82, 2.24) is 15.2 Å². The number of amides is 2. The highest BCUT2D eigenvalue weighted by molar-refractivity contribution is 6.07. The summed E-state index contributed by atoms with van der Waals surface area (Å²) in [6.45, 7) is 1.18. The number of hydrogen-bond acceptors (Lipinski definition) is 3. The van der Waals surface area contributed by atoms with Crippen LogP contribution >= 0.6 is 0 Å². The number of para-hydroxylation sites is 1. The highest BCUT2D eigenvalue weighted by Crippen LogP contribution is 2.18. The van der Waals surface area contributed by atoms with Gasteiger partial charge >= 0.3 is 0 Å². The number of carbonyl (C=O) groups is 2. The molecule has 0 fully saturated rings. The fraction of sp³-hybridized carbons (Fsp3) is 0.375. The Bertz CT molecular complexity index is 651. The van der Waals surface area contributed by atoms with Gasteiger partial charge in [-0.1, -0.05) is 18.2 Å². The molecule has 0 atom stereocenters. The fourth-order valence-electron chi connectivity index (χ4n) is 2.24. The molecule has 2 rings (SSSR count). The van der Waals surface area contributed by atoms with Gasteiger partial charge in [0.1, 0.15) is 0 Å². The topological polar surface area (TPSA) is 74.4 Å². The van der Waals surface area contributed by atoms with E-state index in [1.807, 2.05) is 24.3 Å². The van der Waals surface area contributed by atoms with E-state index >= 15 is 0 Å². The van der Waals surface area contributed by atoms with Crippen molar-refractivity contribution in [2.45, 2.75) is 6.42 Å². The predicted molar refractivity (Wildman–Crippen MR) is 84.8 cm³/mol. The van der Waals surface area contributed by atoms with Gasteiger partial charge in [0.2, 0.25) is 5.91 Å². The molecule has 0 saturated heterocycles. The number of fused-ring (bicyclic) bond motifs is 1.